The number of methoxy groups -OCH3 is 1. The largest absolute Gasteiger partial charge is 0.478 e. The molecule has 0 bridgehead atoms. The quantitative estimate of drug-likeness (QED) is 0.714. The number of hydrogen-bond acceptors (Lipinski definition) is 5. The van der Waals surface area contributed by atoms with Gasteiger partial charge in [0.25, 0.3) is 0 Å². The van der Waals surface area contributed by atoms with E-state index in [9.17, 15) is 9.59 Å². The average Bonchev–Trinajstić information content (AvgIpc) is 2.59. The highest BCUT2D eigenvalue weighted by molar-refractivity contribution is 5.88. The van der Waals surface area contributed by atoms with Crippen molar-refractivity contribution in [3.63, 3.8) is 0 Å². The highest BCUT2D eigenvalue weighted by Crippen LogP contribution is 2.14. The van der Waals surface area contributed by atoms with Crippen LogP contribution in [0, 0.1) is 6.92 Å². The fourth-order valence-corrected chi connectivity index (χ4v) is 1.20. The molecule has 0 aliphatic rings. The van der Waals surface area contributed by atoms with E-state index >= 15 is 0 Å². The van der Waals surface area contributed by atoms with Gasteiger partial charge < -0.3 is 14.3 Å². The van der Waals surface area contributed by atoms with Crippen molar-refractivity contribution in [3.8, 4) is 0 Å². The monoisotopic (exact) mass is 227 g/mol. The van der Waals surface area contributed by atoms with Gasteiger partial charge in [0.1, 0.15) is 17.1 Å². The Labute approximate surface area is 92.2 Å². The van der Waals surface area contributed by atoms with Crippen molar-refractivity contribution in [1.82, 2.24) is 5.32 Å². The molecule has 0 spiro atoms. The number of esters is 1. The standard InChI is InChI=1S/C10H13NO5/c1-6-8(10(13)14)3-7(16-6)4-11-5-9(12)15-2/h3,11H,4-5H2,1-2H3,(H,13,14). The molecule has 0 aromatic carbocycles. The lowest BCUT2D eigenvalue weighted by Crippen LogP contribution is -2.23. The first-order chi connectivity index (χ1) is 7.54. The Morgan fingerprint density at radius 1 is 1.56 bits per heavy atom. The molecule has 0 fully saturated rings. The number of rotatable bonds is 5. The number of carboxylic acids is 1. The van der Waals surface area contributed by atoms with Crippen molar-refractivity contribution in [3.05, 3.63) is 23.2 Å². The van der Waals surface area contributed by atoms with Crippen LogP contribution in [0.5, 0.6) is 0 Å². The molecule has 1 aromatic heterocycles. The number of carboxylic acid groups (broad SMARTS) is 1. The van der Waals surface area contributed by atoms with Gasteiger partial charge >= 0.3 is 11.9 Å². The zero-order valence-corrected chi connectivity index (χ0v) is 9.07. The van der Waals surface area contributed by atoms with Crippen molar-refractivity contribution in [1.29, 1.82) is 0 Å². The highest BCUT2D eigenvalue weighted by atomic mass is 16.5. The van der Waals surface area contributed by atoms with Gasteiger partial charge in [-0.1, -0.05) is 0 Å². The molecule has 0 saturated carbocycles. The summed E-state index contributed by atoms with van der Waals surface area (Å²) >= 11 is 0. The SMILES string of the molecule is COC(=O)CNCc1cc(C(=O)O)c(C)o1. The lowest BCUT2D eigenvalue weighted by atomic mass is 10.2. The molecular formula is C10H13NO5. The van der Waals surface area contributed by atoms with E-state index < -0.39 is 5.97 Å². The maximum absolute atomic E-state index is 10.8. The van der Waals surface area contributed by atoms with Crippen LogP contribution < -0.4 is 5.32 Å². The number of ether oxygens (including phenoxy) is 1. The summed E-state index contributed by atoms with van der Waals surface area (Å²) in [7, 11) is 1.30. The minimum absolute atomic E-state index is 0.0542. The van der Waals surface area contributed by atoms with E-state index in [0.717, 1.165) is 0 Å². The van der Waals surface area contributed by atoms with Gasteiger partial charge in [-0.2, -0.15) is 0 Å². The van der Waals surface area contributed by atoms with Gasteiger partial charge in [0, 0.05) is 0 Å². The van der Waals surface area contributed by atoms with Gasteiger partial charge in [0.05, 0.1) is 20.2 Å². The number of aromatic carboxylic acids is 1. The summed E-state index contributed by atoms with van der Waals surface area (Å²) in [5.41, 5.74) is 0.134. The number of carbonyl (C=O) groups excluding carboxylic acids is 1. The molecule has 1 heterocycles. The van der Waals surface area contributed by atoms with E-state index in [4.69, 9.17) is 9.52 Å². The molecule has 6 nitrogen and oxygen atoms in total. The second-order valence-corrected chi connectivity index (χ2v) is 3.17. The molecule has 1 rings (SSSR count). The first kappa shape index (κ1) is 12.3. The van der Waals surface area contributed by atoms with Crippen LogP contribution in [0.2, 0.25) is 0 Å². The summed E-state index contributed by atoms with van der Waals surface area (Å²) in [5, 5.41) is 11.5. The van der Waals surface area contributed by atoms with E-state index in [1.807, 2.05) is 0 Å². The summed E-state index contributed by atoms with van der Waals surface area (Å²) in [6.45, 7) is 1.91. The lowest BCUT2D eigenvalue weighted by Gasteiger charge is -1.99. The van der Waals surface area contributed by atoms with Crippen LogP contribution in [0.4, 0.5) is 0 Å². The highest BCUT2D eigenvalue weighted by Gasteiger charge is 2.13. The van der Waals surface area contributed by atoms with Gasteiger partial charge in [-0.3, -0.25) is 10.1 Å². The number of carbonyl (C=O) groups is 2. The first-order valence-electron chi connectivity index (χ1n) is 4.64. The van der Waals surface area contributed by atoms with Crippen LogP contribution >= 0.6 is 0 Å². The molecule has 88 valence electrons. The van der Waals surface area contributed by atoms with Crippen molar-refractivity contribution >= 4 is 11.9 Å². The summed E-state index contributed by atoms with van der Waals surface area (Å²) in [6, 6.07) is 1.43. The summed E-state index contributed by atoms with van der Waals surface area (Å²) < 4.78 is 9.63. The molecule has 0 aliphatic carbocycles. The molecule has 0 radical (unpaired) electrons. The van der Waals surface area contributed by atoms with Gasteiger partial charge in [-0.05, 0) is 13.0 Å². The third-order valence-electron chi connectivity index (χ3n) is 2.00. The molecule has 6 heteroatoms. The Hall–Kier alpha value is -1.82. The number of furan rings is 1. The maximum atomic E-state index is 10.8. The second kappa shape index (κ2) is 5.32. The third-order valence-corrected chi connectivity index (χ3v) is 2.00. The van der Waals surface area contributed by atoms with Gasteiger partial charge in [0.2, 0.25) is 0 Å². The summed E-state index contributed by atoms with van der Waals surface area (Å²) in [6.07, 6.45) is 0. The maximum Gasteiger partial charge on any atom is 0.339 e. The van der Waals surface area contributed by atoms with Crippen molar-refractivity contribution in [2.24, 2.45) is 0 Å². The molecule has 0 amide bonds. The fraction of sp³-hybridized carbons (Fsp3) is 0.400. The van der Waals surface area contributed by atoms with Crippen LogP contribution in [0.15, 0.2) is 10.5 Å². The predicted molar refractivity (Wildman–Crippen MR) is 54.1 cm³/mol. The van der Waals surface area contributed by atoms with Crippen LogP contribution in [-0.4, -0.2) is 30.7 Å². The Morgan fingerprint density at radius 2 is 2.25 bits per heavy atom. The lowest BCUT2D eigenvalue weighted by molar-refractivity contribution is -0.139. The molecular weight excluding hydrogens is 214 g/mol. The molecule has 2 N–H and O–H groups in total. The van der Waals surface area contributed by atoms with E-state index in [1.54, 1.807) is 6.92 Å². The average molecular weight is 227 g/mol. The Bertz CT molecular complexity index is 396. The van der Waals surface area contributed by atoms with E-state index in [-0.39, 0.29) is 24.6 Å². The van der Waals surface area contributed by atoms with Gasteiger partial charge in [-0.15, -0.1) is 0 Å². The van der Waals surface area contributed by atoms with E-state index in [2.05, 4.69) is 10.1 Å². The fourth-order valence-electron chi connectivity index (χ4n) is 1.20. The molecule has 0 aliphatic heterocycles. The topological polar surface area (TPSA) is 88.8 Å². The van der Waals surface area contributed by atoms with Crippen molar-refractivity contribution < 1.29 is 23.8 Å². The van der Waals surface area contributed by atoms with Crippen LogP contribution in [0.1, 0.15) is 21.9 Å². The number of aryl methyl sites for hydroxylation is 1. The van der Waals surface area contributed by atoms with E-state index in [1.165, 1.54) is 13.2 Å². The molecule has 0 atom stereocenters. The van der Waals surface area contributed by atoms with Crippen LogP contribution in [0.3, 0.4) is 0 Å². The molecule has 0 saturated heterocycles. The smallest absolute Gasteiger partial charge is 0.339 e. The molecule has 16 heavy (non-hydrogen) atoms. The van der Waals surface area contributed by atoms with Crippen molar-refractivity contribution in [2.75, 3.05) is 13.7 Å². The van der Waals surface area contributed by atoms with E-state index in [0.29, 0.717) is 11.5 Å². The third kappa shape index (κ3) is 3.09. The minimum atomic E-state index is -1.03. The Morgan fingerprint density at radius 3 is 2.75 bits per heavy atom. The second-order valence-electron chi connectivity index (χ2n) is 3.17. The Balaban J connectivity index is 2.52. The van der Waals surface area contributed by atoms with Gasteiger partial charge in [-0.25, -0.2) is 4.79 Å². The number of nitrogens with one attached hydrogen (secondary N) is 1. The van der Waals surface area contributed by atoms with Gasteiger partial charge in [0.15, 0.2) is 0 Å². The first-order valence-corrected chi connectivity index (χ1v) is 4.64. The Kier molecular flexibility index (Phi) is 4.07. The van der Waals surface area contributed by atoms with Crippen LogP contribution in [0.25, 0.3) is 0 Å². The minimum Gasteiger partial charge on any atom is -0.478 e. The number of hydrogen-bond donors (Lipinski definition) is 2. The zero-order valence-electron chi connectivity index (χ0n) is 9.07. The van der Waals surface area contributed by atoms with Crippen molar-refractivity contribution in [2.45, 2.75) is 13.5 Å². The summed E-state index contributed by atoms with van der Waals surface area (Å²) in [5.74, 6) is -0.594. The predicted octanol–water partition coefficient (Wildman–Crippen LogP) is 0.549. The normalized spacial score (nSPS) is 10.1. The summed E-state index contributed by atoms with van der Waals surface area (Å²) in [4.78, 5) is 21.5. The molecule has 1 aromatic rings. The molecule has 0 unspecified atom stereocenters. The zero-order chi connectivity index (χ0) is 12.1. The van der Waals surface area contributed by atoms with Crippen LogP contribution in [-0.2, 0) is 16.1 Å².